The van der Waals surface area contributed by atoms with Crippen LogP contribution in [0.4, 0.5) is 5.69 Å². The van der Waals surface area contributed by atoms with Crippen molar-refractivity contribution in [3.63, 3.8) is 0 Å². The van der Waals surface area contributed by atoms with Gasteiger partial charge in [-0.05, 0) is 49.2 Å². The van der Waals surface area contributed by atoms with Crippen molar-refractivity contribution in [3.8, 4) is 11.5 Å². The number of benzene rings is 2. The van der Waals surface area contributed by atoms with Crippen molar-refractivity contribution in [2.45, 2.75) is 13.8 Å². The van der Waals surface area contributed by atoms with Crippen LogP contribution < -0.4 is 10.5 Å². The monoisotopic (exact) mass is 284 g/mol. The highest BCUT2D eigenvalue weighted by atomic mass is 16.5. The van der Waals surface area contributed by atoms with E-state index in [1.165, 1.54) is 4.90 Å². The highest BCUT2D eigenvalue weighted by Crippen LogP contribution is 2.29. The SMILES string of the molecule is Cc1cc(C)cc(Oc2cc(N)ccc2C(=O)N(C)C)c1. The molecule has 0 saturated carbocycles. The highest BCUT2D eigenvalue weighted by Gasteiger charge is 2.15. The van der Waals surface area contributed by atoms with Crippen LogP contribution in [0.3, 0.4) is 0 Å². The van der Waals surface area contributed by atoms with Crippen LogP contribution >= 0.6 is 0 Å². The van der Waals surface area contributed by atoms with Crippen molar-refractivity contribution in [1.82, 2.24) is 4.90 Å². The van der Waals surface area contributed by atoms with E-state index in [0.717, 1.165) is 11.1 Å². The number of nitrogens with two attached hydrogens (primary N) is 1. The molecule has 4 heteroatoms. The standard InChI is InChI=1S/C17H20N2O2/c1-11-7-12(2)9-14(8-11)21-16-10-13(18)5-6-15(16)17(20)19(3)4/h5-10H,18H2,1-4H3. The number of hydrogen-bond donors (Lipinski definition) is 1. The molecule has 0 saturated heterocycles. The van der Waals surface area contributed by atoms with Crippen molar-refractivity contribution < 1.29 is 9.53 Å². The lowest BCUT2D eigenvalue weighted by Crippen LogP contribution is -2.22. The van der Waals surface area contributed by atoms with E-state index in [9.17, 15) is 4.79 Å². The number of amides is 1. The Morgan fingerprint density at radius 2 is 1.67 bits per heavy atom. The second-order valence-corrected chi connectivity index (χ2v) is 5.38. The van der Waals surface area contributed by atoms with Gasteiger partial charge in [-0.1, -0.05) is 6.07 Å². The molecular weight excluding hydrogens is 264 g/mol. The number of carbonyl (C=O) groups is 1. The Morgan fingerprint density at radius 1 is 1.05 bits per heavy atom. The summed E-state index contributed by atoms with van der Waals surface area (Å²) >= 11 is 0. The molecule has 0 aliphatic carbocycles. The first-order valence-electron chi connectivity index (χ1n) is 6.74. The van der Waals surface area contributed by atoms with Crippen LogP contribution in [0.15, 0.2) is 36.4 Å². The average molecular weight is 284 g/mol. The second kappa shape index (κ2) is 5.87. The van der Waals surface area contributed by atoms with Gasteiger partial charge in [0.1, 0.15) is 11.5 Å². The van der Waals surface area contributed by atoms with Gasteiger partial charge in [-0.3, -0.25) is 4.79 Å². The third kappa shape index (κ3) is 3.54. The largest absolute Gasteiger partial charge is 0.456 e. The van der Waals surface area contributed by atoms with Gasteiger partial charge in [-0.2, -0.15) is 0 Å². The van der Waals surface area contributed by atoms with Gasteiger partial charge >= 0.3 is 0 Å². The summed E-state index contributed by atoms with van der Waals surface area (Å²) in [5.74, 6) is 1.05. The number of anilines is 1. The first-order chi connectivity index (χ1) is 9.86. The molecule has 1 amide bonds. The predicted octanol–water partition coefficient (Wildman–Crippen LogP) is 3.38. The van der Waals surface area contributed by atoms with E-state index in [1.54, 1.807) is 32.3 Å². The lowest BCUT2D eigenvalue weighted by atomic mass is 10.1. The van der Waals surface area contributed by atoms with Crippen LogP contribution in [-0.2, 0) is 0 Å². The van der Waals surface area contributed by atoms with E-state index in [0.29, 0.717) is 22.7 Å². The van der Waals surface area contributed by atoms with Gasteiger partial charge < -0.3 is 15.4 Å². The van der Waals surface area contributed by atoms with Crippen molar-refractivity contribution in [3.05, 3.63) is 53.1 Å². The molecule has 0 unspecified atom stereocenters. The van der Waals surface area contributed by atoms with Gasteiger partial charge in [0.05, 0.1) is 5.56 Å². The Hall–Kier alpha value is -2.49. The van der Waals surface area contributed by atoms with Crippen molar-refractivity contribution >= 4 is 11.6 Å². The lowest BCUT2D eigenvalue weighted by molar-refractivity contribution is 0.0825. The maximum Gasteiger partial charge on any atom is 0.257 e. The van der Waals surface area contributed by atoms with Gasteiger partial charge in [-0.15, -0.1) is 0 Å². The normalized spacial score (nSPS) is 10.3. The van der Waals surface area contributed by atoms with Crippen LogP contribution in [0.1, 0.15) is 21.5 Å². The fraction of sp³-hybridized carbons (Fsp3) is 0.235. The van der Waals surface area contributed by atoms with Gasteiger partial charge in [-0.25, -0.2) is 0 Å². The lowest BCUT2D eigenvalue weighted by Gasteiger charge is -2.15. The van der Waals surface area contributed by atoms with E-state index in [1.807, 2.05) is 26.0 Å². The number of aryl methyl sites for hydroxylation is 2. The number of nitrogens with zero attached hydrogens (tertiary/aromatic N) is 1. The van der Waals surface area contributed by atoms with Crippen molar-refractivity contribution in [2.24, 2.45) is 0 Å². The molecule has 0 radical (unpaired) electrons. The molecule has 2 N–H and O–H groups in total. The molecule has 0 aromatic heterocycles. The Labute approximate surface area is 125 Å². The summed E-state index contributed by atoms with van der Waals surface area (Å²) in [5, 5.41) is 0. The van der Waals surface area contributed by atoms with E-state index >= 15 is 0 Å². The number of nitrogen functional groups attached to an aromatic ring is 1. The summed E-state index contributed by atoms with van der Waals surface area (Å²) in [4.78, 5) is 13.7. The van der Waals surface area contributed by atoms with Crippen LogP contribution in [-0.4, -0.2) is 24.9 Å². The van der Waals surface area contributed by atoms with Gasteiger partial charge in [0.15, 0.2) is 0 Å². The second-order valence-electron chi connectivity index (χ2n) is 5.38. The smallest absolute Gasteiger partial charge is 0.257 e. The molecule has 0 atom stereocenters. The van der Waals surface area contributed by atoms with Crippen molar-refractivity contribution in [1.29, 1.82) is 0 Å². The van der Waals surface area contributed by atoms with Crippen molar-refractivity contribution in [2.75, 3.05) is 19.8 Å². The maximum absolute atomic E-state index is 12.2. The zero-order valence-electron chi connectivity index (χ0n) is 12.8. The minimum atomic E-state index is -0.116. The van der Waals surface area contributed by atoms with Crippen LogP contribution in [0.2, 0.25) is 0 Å². The predicted molar refractivity (Wildman–Crippen MR) is 84.9 cm³/mol. The van der Waals surface area contributed by atoms with E-state index in [2.05, 4.69) is 6.07 Å². The van der Waals surface area contributed by atoms with Crippen LogP contribution in [0.25, 0.3) is 0 Å². The molecule has 21 heavy (non-hydrogen) atoms. The summed E-state index contributed by atoms with van der Waals surface area (Å²) in [7, 11) is 3.42. The fourth-order valence-electron chi connectivity index (χ4n) is 2.16. The summed E-state index contributed by atoms with van der Waals surface area (Å²) in [6.45, 7) is 4.01. The molecule has 110 valence electrons. The molecule has 0 heterocycles. The zero-order valence-corrected chi connectivity index (χ0v) is 12.8. The third-order valence-electron chi connectivity index (χ3n) is 3.07. The summed E-state index contributed by atoms with van der Waals surface area (Å²) < 4.78 is 5.90. The van der Waals surface area contributed by atoms with Gasteiger partial charge in [0.2, 0.25) is 0 Å². The Morgan fingerprint density at radius 3 is 2.24 bits per heavy atom. The summed E-state index contributed by atoms with van der Waals surface area (Å²) in [5.41, 5.74) is 9.08. The average Bonchev–Trinajstić information content (AvgIpc) is 2.36. The first kappa shape index (κ1) is 14.9. The number of hydrogen-bond acceptors (Lipinski definition) is 3. The molecule has 0 aliphatic heterocycles. The van der Waals surface area contributed by atoms with E-state index < -0.39 is 0 Å². The highest BCUT2D eigenvalue weighted by molar-refractivity contribution is 5.97. The van der Waals surface area contributed by atoms with Gasteiger partial charge in [0, 0.05) is 25.8 Å². The number of ether oxygens (including phenoxy) is 1. The summed E-state index contributed by atoms with van der Waals surface area (Å²) in [6, 6.07) is 11.0. The minimum absolute atomic E-state index is 0.116. The Bertz CT molecular complexity index is 658. The fourth-order valence-corrected chi connectivity index (χ4v) is 2.16. The van der Waals surface area contributed by atoms with E-state index in [4.69, 9.17) is 10.5 Å². The number of rotatable bonds is 3. The molecule has 0 bridgehead atoms. The molecule has 4 nitrogen and oxygen atoms in total. The topological polar surface area (TPSA) is 55.6 Å². The quantitative estimate of drug-likeness (QED) is 0.879. The van der Waals surface area contributed by atoms with Crippen LogP contribution in [0.5, 0.6) is 11.5 Å². The molecule has 0 fully saturated rings. The number of carbonyl (C=O) groups excluding carboxylic acids is 1. The summed E-state index contributed by atoms with van der Waals surface area (Å²) in [6.07, 6.45) is 0. The Kier molecular flexibility index (Phi) is 4.17. The zero-order chi connectivity index (χ0) is 15.6. The van der Waals surface area contributed by atoms with E-state index in [-0.39, 0.29) is 5.91 Å². The minimum Gasteiger partial charge on any atom is -0.456 e. The Balaban J connectivity index is 2.43. The first-order valence-corrected chi connectivity index (χ1v) is 6.74. The molecule has 2 aromatic carbocycles. The molecule has 2 aromatic rings. The maximum atomic E-state index is 12.2. The molecule has 0 aliphatic rings. The molecular formula is C17H20N2O2. The van der Waals surface area contributed by atoms with Gasteiger partial charge in [0.25, 0.3) is 5.91 Å². The molecule has 0 spiro atoms. The van der Waals surface area contributed by atoms with Crippen LogP contribution in [0, 0.1) is 13.8 Å². The third-order valence-corrected chi connectivity index (χ3v) is 3.07. The molecule has 2 rings (SSSR count).